The predicted octanol–water partition coefficient (Wildman–Crippen LogP) is 2.97. The summed E-state index contributed by atoms with van der Waals surface area (Å²) in [6, 6.07) is 0. The first-order valence-electron chi connectivity index (χ1n) is 7.04. The van der Waals surface area contributed by atoms with Crippen LogP contribution < -0.4 is 5.32 Å². The molecule has 2 rings (SSSR count). The Labute approximate surface area is 100 Å². The lowest BCUT2D eigenvalue weighted by Gasteiger charge is -2.23. The zero-order valence-electron chi connectivity index (χ0n) is 10.8. The maximum atomic E-state index is 5.19. The molecule has 2 heteroatoms. The average Bonchev–Trinajstić information content (AvgIpc) is 3.09. The second-order valence-electron chi connectivity index (χ2n) is 5.88. The van der Waals surface area contributed by atoms with Crippen LogP contribution in [0.5, 0.6) is 0 Å². The highest BCUT2D eigenvalue weighted by Crippen LogP contribution is 2.48. The van der Waals surface area contributed by atoms with Gasteiger partial charge in [0.05, 0.1) is 0 Å². The number of ether oxygens (including phenoxy) is 1. The van der Waals surface area contributed by atoms with Gasteiger partial charge in [0, 0.05) is 20.3 Å². The molecule has 1 N–H and O–H groups in total. The topological polar surface area (TPSA) is 21.3 Å². The Kier molecular flexibility index (Phi) is 4.66. The van der Waals surface area contributed by atoms with Gasteiger partial charge in [0.2, 0.25) is 0 Å². The Hall–Kier alpha value is -0.0800. The molecule has 16 heavy (non-hydrogen) atoms. The predicted molar refractivity (Wildman–Crippen MR) is 67.6 cm³/mol. The quantitative estimate of drug-likeness (QED) is 0.719. The van der Waals surface area contributed by atoms with Gasteiger partial charge < -0.3 is 10.1 Å². The first kappa shape index (κ1) is 12.4. The smallest absolute Gasteiger partial charge is 0.0468 e. The molecule has 0 radical (unpaired) electrons. The van der Waals surface area contributed by atoms with Crippen molar-refractivity contribution in [2.45, 2.75) is 51.4 Å². The molecule has 2 aliphatic carbocycles. The molecule has 0 aromatic rings. The summed E-state index contributed by atoms with van der Waals surface area (Å²) < 4.78 is 5.19. The largest absolute Gasteiger partial charge is 0.385 e. The van der Waals surface area contributed by atoms with E-state index in [0.717, 1.165) is 12.5 Å². The molecule has 0 heterocycles. The van der Waals surface area contributed by atoms with Crippen molar-refractivity contribution >= 4 is 0 Å². The second kappa shape index (κ2) is 6.02. The van der Waals surface area contributed by atoms with Crippen LogP contribution in [-0.2, 0) is 4.74 Å². The number of methoxy groups -OCH3 is 1. The third-order valence-corrected chi connectivity index (χ3v) is 4.45. The second-order valence-corrected chi connectivity index (χ2v) is 5.88. The molecule has 94 valence electrons. The van der Waals surface area contributed by atoms with Crippen LogP contribution in [0.3, 0.4) is 0 Å². The van der Waals surface area contributed by atoms with E-state index >= 15 is 0 Å². The molecule has 2 aliphatic rings. The van der Waals surface area contributed by atoms with Gasteiger partial charge in [-0.1, -0.05) is 19.3 Å². The third kappa shape index (κ3) is 3.74. The SMILES string of the molecule is COCCC1(CNCC2CCCCC2)CC1. The van der Waals surface area contributed by atoms with Crippen molar-refractivity contribution in [2.24, 2.45) is 11.3 Å². The van der Waals surface area contributed by atoms with Crippen LogP contribution in [0.4, 0.5) is 0 Å². The van der Waals surface area contributed by atoms with Crippen molar-refractivity contribution in [3.8, 4) is 0 Å². The van der Waals surface area contributed by atoms with Gasteiger partial charge in [0.25, 0.3) is 0 Å². The summed E-state index contributed by atoms with van der Waals surface area (Å²) >= 11 is 0. The lowest BCUT2D eigenvalue weighted by molar-refractivity contribution is 0.170. The minimum Gasteiger partial charge on any atom is -0.385 e. The molecule has 2 nitrogen and oxygen atoms in total. The van der Waals surface area contributed by atoms with Crippen LogP contribution >= 0.6 is 0 Å². The molecule has 0 bridgehead atoms. The molecule has 0 unspecified atom stereocenters. The first-order valence-corrected chi connectivity index (χ1v) is 7.04. The van der Waals surface area contributed by atoms with E-state index in [1.165, 1.54) is 64.5 Å². The molecule has 0 aromatic heterocycles. The van der Waals surface area contributed by atoms with E-state index in [2.05, 4.69) is 5.32 Å². The van der Waals surface area contributed by atoms with Crippen LogP contribution in [-0.4, -0.2) is 26.8 Å². The van der Waals surface area contributed by atoms with E-state index in [9.17, 15) is 0 Å². The molecule has 0 aliphatic heterocycles. The molecule has 0 aromatic carbocycles. The standard InChI is InChI=1S/C14H27NO/c1-16-10-9-14(7-8-14)12-15-11-13-5-3-2-4-6-13/h13,15H,2-12H2,1H3. The monoisotopic (exact) mass is 225 g/mol. The first-order chi connectivity index (χ1) is 7.85. The lowest BCUT2D eigenvalue weighted by Crippen LogP contribution is -2.30. The Morgan fingerprint density at radius 3 is 2.56 bits per heavy atom. The van der Waals surface area contributed by atoms with Gasteiger partial charge in [0.1, 0.15) is 0 Å². The van der Waals surface area contributed by atoms with Gasteiger partial charge in [-0.2, -0.15) is 0 Å². The van der Waals surface area contributed by atoms with E-state index in [0.29, 0.717) is 5.41 Å². The summed E-state index contributed by atoms with van der Waals surface area (Å²) in [5.74, 6) is 0.965. The number of hydrogen-bond donors (Lipinski definition) is 1. The van der Waals surface area contributed by atoms with Crippen molar-refractivity contribution < 1.29 is 4.74 Å². The molecule has 2 fully saturated rings. The van der Waals surface area contributed by atoms with Crippen molar-refractivity contribution in [1.82, 2.24) is 5.32 Å². The normalized spacial score (nSPS) is 24.6. The summed E-state index contributed by atoms with van der Waals surface area (Å²) in [4.78, 5) is 0. The third-order valence-electron chi connectivity index (χ3n) is 4.45. The highest BCUT2D eigenvalue weighted by atomic mass is 16.5. The molecule has 0 atom stereocenters. The molecule has 2 saturated carbocycles. The lowest BCUT2D eigenvalue weighted by atomic mass is 9.89. The fraction of sp³-hybridized carbons (Fsp3) is 1.00. The Morgan fingerprint density at radius 1 is 1.19 bits per heavy atom. The number of rotatable bonds is 7. The highest BCUT2D eigenvalue weighted by Gasteiger charge is 2.41. The molecular formula is C14H27NO. The average molecular weight is 225 g/mol. The van der Waals surface area contributed by atoms with Gasteiger partial charge in [0.15, 0.2) is 0 Å². The molecule has 0 saturated heterocycles. The van der Waals surface area contributed by atoms with E-state index in [1.807, 2.05) is 7.11 Å². The van der Waals surface area contributed by atoms with Gasteiger partial charge >= 0.3 is 0 Å². The van der Waals surface area contributed by atoms with E-state index < -0.39 is 0 Å². The molecular weight excluding hydrogens is 198 g/mol. The summed E-state index contributed by atoms with van der Waals surface area (Å²) in [6.45, 7) is 3.42. The van der Waals surface area contributed by atoms with Crippen molar-refractivity contribution in [2.75, 3.05) is 26.8 Å². The van der Waals surface area contributed by atoms with Gasteiger partial charge in [-0.25, -0.2) is 0 Å². The van der Waals surface area contributed by atoms with Crippen LogP contribution in [0.2, 0.25) is 0 Å². The van der Waals surface area contributed by atoms with Crippen molar-refractivity contribution in [3.05, 3.63) is 0 Å². The maximum absolute atomic E-state index is 5.19. The summed E-state index contributed by atoms with van der Waals surface area (Å²) in [5.41, 5.74) is 0.616. The minimum absolute atomic E-state index is 0.616. The van der Waals surface area contributed by atoms with Crippen LogP contribution in [0, 0.1) is 11.3 Å². The number of hydrogen-bond acceptors (Lipinski definition) is 2. The van der Waals surface area contributed by atoms with Gasteiger partial charge in [-0.05, 0) is 50.0 Å². The van der Waals surface area contributed by atoms with E-state index in [4.69, 9.17) is 4.74 Å². The minimum atomic E-state index is 0.616. The Balaban J connectivity index is 1.56. The summed E-state index contributed by atoms with van der Waals surface area (Å²) in [6.07, 6.45) is 11.4. The summed E-state index contributed by atoms with van der Waals surface area (Å²) in [7, 11) is 1.81. The van der Waals surface area contributed by atoms with Crippen molar-refractivity contribution in [3.63, 3.8) is 0 Å². The maximum Gasteiger partial charge on any atom is 0.0468 e. The van der Waals surface area contributed by atoms with E-state index in [-0.39, 0.29) is 0 Å². The van der Waals surface area contributed by atoms with Crippen LogP contribution in [0.1, 0.15) is 51.4 Å². The Bertz CT molecular complexity index is 195. The zero-order valence-corrected chi connectivity index (χ0v) is 10.8. The highest BCUT2D eigenvalue weighted by molar-refractivity contribution is 4.94. The van der Waals surface area contributed by atoms with E-state index in [1.54, 1.807) is 0 Å². The molecule has 0 amide bonds. The van der Waals surface area contributed by atoms with Crippen LogP contribution in [0.25, 0.3) is 0 Å². The Morgan fingerprint density at radius 2 is 1.94 bits per heavy atom. The molecule has 0 spiro atoms. The fourth-order valence-electron chi connectivity index (χ4n) is 2.94. The number of nitrogens with one attached hydrogen (secondary N) is 1. The van der Waals surface area contributed by atoms with Crippen LogP contribution in [0.15, 0.2) is 0 Å². The fourth-order valence-corrected chi connectivity index (χ4v) is 2.94. The van der Waals surface area contributed by atoms with Crippen molar-refractivity contribution in [1.29, 1.82) is 0 Å². The van der Waals surface area contributed by atoms with Gasteiger partial charge in [-0.15, -0.1) is 0 Å². The summed E-state index contributed by atoms with van der Waals surface area (Å²) in [5, 5.41) is 3.71. The zero-order chi connectivity index (χ0) is 11.3. The van der Waals surface area contributed by atoms with Gasteiger partial charge in [-0.3, -0.25) is 0 Å².